The van der Waals surface area contributed by atoms with Crippen LogP contribution in [0.4, 0.5) is 5.69 Å². The lowest BCUT2D eigenvalue weighted by Crippen LogP contribution is -2.60. The lowest BCUT2D eigenvalue weighted by molar-refractivity contribution is 0.177. The molecule has 0 bridgehead atoms. The van der Waals surface area contributed by atoms with E-state index in [4.69, 9.17) is 0 Å². The monoisotopic (exact) mass is 245 g/mol. The fraction of sp³-hybridized carbons (Fsp3) is 0.600. The van der Waals surface area contributed by atoms with Crippen LogP contribution in [0.2, 0.25) is 0 Å². The Morgan fingerprint density at radius 2 is 1.83 bits per heavy atom. The zero-order chi connectivity index (χ0) is 12.4. The van der Waals surface area contributed by atoms with Crippen molar-refractivity contribution in [1.82, 2.24) is 10.2 Å². The third-order valence-electron chi connectivity index (χ3n) is 4.15. The van der Waals surface area contributed by atoms with Crippen molar-refractivity contribution in [3.8, 4) is 0 Å². The molecule has 98 valence electrons. The summed E-state index contributed by atoms with van der Waals surface area (Å²) in [7, 11) is 0. The number of nitrogens with one attached hydrogen (secondary N) is 1. The highest BCUT2D eigenvalue weighted by molar-refractivity contribution is 5.50. The highest BCUT2D eigenvalue weighted by Crippen LogP contribution is 2.24. The van der Waals surface area contributed by atoms with Crippen LogP contribution in [0.3, 0.4) is 0 Å². The van der Waals surface area contributed by atoms with Gasteiger partial charge in [-0.1, -0.05) is 17.7 Å². The van der Waals surface area contributed by atoms with Crippen LogP contribution in [-0.2, 0) is 0 Å². The van der Waals surface area contributed by atoms with Gasteiger partial charge in [0.05, 0.1) is 0 Å². The Balaban J connectivity index is 1.54. The molecule has 0 radical (unpaired) electrons. The van der Waals surface area contributed by atoms with Crippen LogP contribution >= 0.6 is 0 Å². The second kappa shape index (κ2) is 5.29. The molecule has 1 N–H and O–H groups in total. The van der Waals surface area contributed by atoms with Gasteiger partial charge in [0.15, 0.2) is 0 Å². The normalized spacial score (nSPS) is 22.6. The van der Waals surface area contributed by atoms with E-state index >= 15 is 0 Å². The van der Waals surface area contributed by atoms with E-state index < -0.39 is 0 Å². The lowest BCUT2D eigenvalue weighted by Gasteiger charge is -2.46. The second-order valence-corrected chi connectivity index (χ2v) is 5.53. The molecule has 0 spiro atoms. The van der Waals surface area contributed by atoms with E-state index in [1.54, 1.807) is 0 Å². The Morgan fingerprint density at radius 3 is 2.61 bits per heavy atom. The van der Waals surface area contributed by atoms with Gasteiger partial charge in [-0.15, -0.1) is 0 Å². The van der Waals surface area contributed by atoms with Gasteiger partial charge in [-0.25, -0.2) is 0 Å². The van der Waals surface area contributed by atoms with Crippen molar-refractivity contribution in [2.75, 3.05) is 44.2 Å². The maximum atomic E-state index is 3.47. The van der Waals surface area contributed by atoms with E-state index in [9.17, 15) is 0 Å². The summed E-state index contributed by atoms with van der Waals surface area (Å²) < 4.78 is 0. The minimum Gasteiger partial charge on any atom is -0.368 e. The molecule has 3 rings (SSSR count). The van der Waals surface area contributed by atoms with Crippen molar-refractivity contribution in [2.24, 2.45) is 0 Å². The van der Waals surface area contributed by atoms with Crippen LogP contribution in [0.5, 0.6) is 0 Å². The summed E-state index contributed by atoms with van der Waals surface area (Å²) in [5.41, 5.74) is 2.72. The summed E-state index contributed by atoms with van der Waals surface area (Å²) in [4.78, 5) is 5.15. The SMILES string of the molecule is Cc1ccc(N2CC(N3CCCNCC3)C2)cc1. The number of rotatable bonds is 2. The quantitative estimate of drug-likeness (QED) is 0.851. The molecule has 2 aliphatic rings. The first-order chi connectivity index (χ1) is 8.83. The van der Waals surface area contributed by atoms with Crippen LogP contribution in [-0.4, -0.2) is 50.2 Å². The first-order valence-electron chi connectivity index (χ1n) is 7.09. The largest absolute Gasteiger partial charge is 0.368 e. The van der Waals surface area contributed by atoms with Crippen LogP contribution in [0.15, 0.2) is 24.3 Å². The zero-order valence-electron chi connectivity index (χ0n) is 11.2. The summed E-state index contributed by atoms with van der Waals surface area (Å²) in [6, 6.07) is 9.67. The maximum Gasteiger partial charge on any atom is 0.0447 e. The molecule has 0 unspecified atom stereocenters. The summed E-state index contributed by atoms with van der Waals surface area (Å²) in [5.74, 6) is 0. The first kappa shape index (κ1) is 12.0. The molecule has 2 fully saturated rings. The first-order valence-corrected chi connectivity index (χ1v) is 7.09. The average molecular weight is 245 g/mol. The molecule has 2 aliphatic heterocycles. The molecule has 1 aromatic rings. The lowest BCUT2D eigenvalue weighted by atomic mass is 10.0. The molecule has 3 nitrogen and oxygen atoms in total. The van der Waals surface area contributed by atoms with Gasteiger partial charge in [-0.3, -0.25) is 4.90 Å². The van der Waals surface area contributed by atoms with Gasteiger partial charge in [0.2, 0.25) is 0 Å². The van der Waals surface area contributed by atoms with Crippen molar-refractivity contribution in [3.63, 3.8) is 0 Å². The summed E-state index contributed by atoms with van der Waals surface area (Å²) in [6.07, 6.45) is 1.29. The maximum absolute atomic E-state index is 3.47. The fourth-order valence-electron chi connectivity index (χ4n) is 2.88. The molecule has 0 atom stereocenters. The van der Waals surface area contributed by atoms with Gasteiger partial charge in [-0.05, 0) is 38.6 Å². The van der Waals surface area contributed by atoms with Crippen LogP contribution in [0.25, 0.3) is 0 Å². The van der Waals surface area contributed by atoms with E-state index in [1.165, 1.54) is 50.4 Å². The van der Waals surface area contributed by atoms with Crippen molar-refractivity contribution in [1.29, 1.82) is 0 Å². The van der Waals surface area contributed by atoms with Crippen molar-refractivity contribution >= 4 is 5.69 Å². The number of anilines is 1. The molecule has 18 heavy (non-hydrogen) atoms. The number of hydrogen-bond acceptors (Lipinski definition) is 3. The van der Waals surface area contributed by atoms with Crippen LogP contribution < -0.4 is 10.2 Å². The third kappa shape index (κ3) is 2.52. The number of aryl methyl sites for hydroxylation is 1. The predicted molar refractivity (Wildman–Crippen MR) is 76.2 cm³/mol. The Kier molecular flexibility index (Phi) is 3.52. The smallest absolute Gasteiger partial charge is 0.0447 e. The van der Waals surface area contributed by atoms with E-state index in [-0.39, 0.29) is 0 Å². The number of benzene rings is 1. The second-order valence-electron chi connectivity index (χ2n) is 5.53. The van der Waals surface area contributed by atoms with E-state index in [0.717, 1.165) is 12.6 Å². The van der Waals surface area contributed by atoms with Gasteiger partial charge in [-0.2, -0.15) is 0 Å². The van der Waals surface area contributed by atoms with Gasteiger partial charge >= 0.3 is 0 Å². The molecule has 0 aliphatic carbocycles. The van der Waals surface area contributed by atoms with Crippen molar-refractivity contribution in [2.45, 2.75) is 19.4 Å². The van der Waals surface area contributed by atoms with Gasteiger partial charge in [0, 0.05) is 37.9 Å². The highest BCUT2D eigenvalue weighted by Gasteiger charge is 2.31. The minimum atomic E-state index is 0.770. The van der Waals surface area contributed by atoms with Crippen LogP contribution in [0, 0.1) is 6.92 Å². The number of hydrogen-bond donors (Lipinski definition) is 1. The molecule has 0 saturated carbocycles. The van der Waals surface area contributed by atoms with E-state index in [2.05, 4.69) is 46.3 Å². The molecule has 0 amide bonds. The molecular weight excluding hydrogens is 222 g/mol. The molecule has 1 aromatic carbocycles. The Labute approximate surface area is 110 Å². The average Bonchev–Trinajstić information content (AvgIpc) is 2.59. The van der Waals surface area contributed by atoms with E-state index in [0.29, 0.717) is 0 Å². The highest BCUT2D eigenvalue weighted by atomic mass is 15.3. The Morgan fingerprint density at radius 1 is 1.06 bits per heavy atom. The minimum absolute atomic E-state index is 0.770. The van der Waals surface area contributed by atoms with Crippen molar-refractivity contribution in [3.05, 3.63) is 29.8 Å². The molecule has 2 saturated heterocycles. The third-order valence-corrected chi connectivity index (χ3v) is 4.15. The Bertz CT molecular complexity index is 373. The van der Waals surface area contributed by atoms with Gasteiger partial charge in [0.25, 0.3) is 0 Å². The summed E-state index contributed by atoms with van der Waals surface area (Å²) in [6.45, 7) is 9.36. The molecular formula is C15H23N3. The van der Waals surface area contributed by atoms with Crippen molar-refractivity contribution < 1.29 is 0 Å². The number of nitrogens with zero attached hydrogens (tertiary/aromatic N) is 2. The molecule has 0 aromatic heterocycles. The molecule has 3 heteroatoms. The summed E-state index contributed by atoms with van der Waals surface area (Å²) in [5, 5.41) is 3.47. The zero-order valence-corrected chi connectivity index (χ0v) is 11.2. The van der Waals surface area contributed by atoms with Crippen LogP contribution in [0.1, 0.15) is 12.0 Å². The van der Waals surface area contributed by atoms with Gasteiger partial charge in [0.1, 0.15) is 0 Å². The predicted octanol–water partition coefficient (Wildman–Crippen LogP) is 1.48. The fourth-order valence-corrected chi connectivity index (χ4v) is 2.88. The standard InChI is InChI=1S/C15H23N3/c1-13-3-5-14(6-4-13)18-11-15(12-18)17-9-2-7-16-8-10-17/h3-6,15-16H,2,7-12H2,1H3. The van der Waals surface area contributed by atoms with E-state index in [1.807, 2.05) is 0 Å². The topological polar surface area (TPSA) is 18.5 Å². The Hall–Kier alpha value is -1.06. The summed E-state index contributed by atoms with van der Waals surface area (Å²) >= 11 is 0. The van der Waals surface area contributed by atoms with Gasteiger partial charge < -0.3 is 10.2 Å². The molecule has 2 heterocycles.